The Hall–Kier alpha value is -2.24. The molecule has 156 valence electrons. The van der Waals surface area contributed by atoms with E-state index in [0.717, 1.165) is 37.3 Å². The lowest BCUT2D eigenvalue weighted by atomic mass is 9.86. The van der Waals surface area contributed by atoms with Crippen molar-refractivity contribution in [2.24, 2.45) is 11.8 Å². The molecule has 0 bridgehead atoms. The maximum Gasteiger partial charge on any atom is 0.228 e. The number of benzene rings is 1. The van der Waals surface area contributed by atoms with E-state index >= 15 is 0 Å². The Balaban J connectivity index is 1.31. The summed E-state index contributed by atoms with van der Waals surface area (Å²) in [4.78, 5) is 30.2. The second kappa shape index (κ2) is 7.54. The van der Waals surface area contributed by atoms with Gasteiger partial charge in [-0.05, 0) is 56.6 Å². The van der Waals surface area contributed by atoms with Gasteiger partial charge in [-0.3, -0.25) is 9.59 Å². The summed E-state index contributed by atoms with van der Waals surface area (Å²) in [5.41, 5.74) is 0.791. The van der Waals surface area contributed by atoms with Crippen LogP contribution in [0.1, 0.15) is 51.9 Å². The zero-order chi connectivity index (χ0) is 20.0. The molecular weight excluding hydrogens is 368 g/mol. The summed E-state index contributed by atoms with van der Waals surface area (Å²) in [5.74, 6) is 2.13. The smallest absolute Gasteiger partial charge is 0.228 e. The third-order valence-electron chi connectivity index (χ3n) is 6.89. The van der Waals surface area contributed by atoms with E-state index < -0.39 is 0 Å². The van der Waals surface area contributed by atoms with E-state index in [2.05, 4.69) is 11.8 Å². The second-order valence-electron chi connectivity index (χ2n) is 9.12. The first kappa shape index (κ1) is 18.8. The molecule has 1 aromatic rings. The molecule has 0 N–H and O–H groups in total. The van der Waals surface area contributed by atoms with Crippen molar-refractivity contribution in [3.8, 4) is 11.5 Å². The van der Waals surface area contributed by atoms with Crippen LogP contribution in [0.25, 0.3) is 0 Å². The average molecular weight is 399 g/mol. The number of anilines is 1. The Kier molecular flexibility index (Phi) is 4.88. The van der Waals surface area contributed by atoms with Crippen LogP contribution in [0.2, 0.25) is 0 Å². The SMILES string of the molecule is CC1CCC(N(C(=O)C2CC(=O)N(c3ccc4c(c3)OCCO4)C2)C2CC2)CC1. The quantitative estimate of drug-likeness (QED) is 0.780. The van der Waals surface area contributed by atoms with Gasteiger partial charge in [0, 0.05) is 36.8 Å². The predicted molar refractivity (Wildman–Crippen MR) is 109 cm³/mol. The molecule has 5 rings (SSSR count). The molecule has 0 radical (unpaired) electrons. The van der Waals surface area contributed by atoms with E-state index in [9.17, 15) is 9.59 Å². The number of hydrogen-bond donors (Lipinski definition) is 0. The summed E-state index contributed by atoms with van der Waals surface area (Å²) < 4.78 is 11.2. The highest BCUT2D eigenvalue weighted by molar-refractivity contribution is 6.00. The highest BCUT2D eigenvalue weighted by Crippen LogP contribution is 2.39. The van der Waals surface area contributed by atoms with Gasteiger partial charge in [-0.1, -0.05) is 6.92 Å². The molecule has 3 fully saturated rings. The van der Waals surface area contributed by atoms with Gasteiger partial charge in [0.1, 0.15) is 13.2 Å². The topological polar surface area (TPSA) is 59.1 Å². The minimum absolute atomic E-state index is 0.0213. The van der Waals surface area contributed by atoms with Crippen LogP contribution in [0.3, 0.4) is 0 Å². The summed E-state index contributed by atoms with van der Waals surface area (Å²) in [6.45, 7) is 3.83. The molecule has 4 aliphatic rings. The summed E-state index contributed by atoms with van der Waals surface area (Å²) in [6, 6.07) is 6.37. The number of nitrogens with zero attached hydrogens (tertiary/aromatic N) is 2. The number of hydrogen-bond acceptors (Lipinski definition) is 4. The van der Waals surface area contributed by atoms with Crippen LogP contribution in [-0.2, 0) is 9.59 Å². The van der Waals surface area contributed by atoms with Gasteiger partial charge in [-0.25, -0.2) is 0 Å². The number of carbonyl (C=O) groups is 2. The van der Waals surface area contributed by atoms with Gasteiger partial charge in [0.15, 0.2) is 11.5 Å². The lowest BCUT2D eigenvalue weighted by Crippen LogP contribution is -2.47. The number of fused-ring (bicyclic) bond motifs is 1. The van der Waals surface area contributed by atoms with Crippen LogP contribution in [0, 0.1) is 11.8 Å². The highest BCUT2D eigenvalue weighted by atomic mass is 16.6. The minimum Gasteiger partial charge on any atom is -0.486 e. The van der Waals surface area contributed by atoms with Gasteiger partial charge < -0.3 is 19.3 Å². The van der Waals surface area contributed by atoms with E-state index in [1.54, 1.807) is 4.90 Å². The Morgan fingerprint density at radius 3 is 2.34 bits per heavy atom. The normalized spacial score (nSPS) is 29.1. The molecule has 2 aliphatic heterocycles. The average Bonchev–Trinajstić information content (AvgIpc) is 3.49. The molecule has 1 saturated heterocycles. The van der Waals surface area contributed by atoms with Crippen molar-refractivity contribution in [2.75, 3.05) is 24.7 Å². The molecule has 6 heteroatoms. The minimum atomic E-state index is -0.240. The molecule has 2 aliphatic carbocycles. The number of carbonyl (C=O) groups excluding carboxylic acids is 2. The highest BCUT2D eigenvalue weighted by Gasteiger charge is 2.44. The molecule has 2 saturated carbocycles. The summed E-state index contributed by atoms with van der Waals surface area (Å²) >= 11 is 0. The van der Waals surface area contributed by atoms with E-state index in [-0.39, 0.29) is 17.7 Å². The molecule has 29 heavy (non-hydrogen) atoms. The fourth-order valence-electron chi connectivity index (χ4n) is 5.06. The first-order chi connectivity index (χ1) is 14.1. The molecule has 1 aromatic carbocycles. The Morgan fingerprint density at radius 2 is 1.66 bits per heavy atom. The first-order valence-electron chi connectivity index (χ1n) is 11.1. The molecule has 1 unspecified atom stereocenters. The lowest BCUT2D eigenvalue weighted by Gasteiger charge is -2.37. The van der Waals surface area contributed by atoms with Gasteiger partial charge in [0.2, 0.25) is 11.8 Å². The Morgan fingerprint density at radius 1 is 1.00 bits per heavy atom. The van der Waals surface area contributed by atoms with Gasteiger partial charge >= 0.3 is 0 Å². The Labute approximate surface area is 172 Å². The van der Waals surface area contributed by atoms with Crippen molar-refractivity contribution >= 4 is 17.5 Å². The molecule has 0 aromatic heterocycles. The maximum absolute atomic E-state index is 13.5. The van der Waals surface area contributed by atoms with Crippen molar-refractivity contribution in [1.82, 2.24) is 4.90 Å². The van der Waals surface area contributed by atoms with Crippen LogP contribution in [0.15, 0.2) is 18.2 Å². The summed E-state index contributed by atoms with van der Waals surface area (Å²) in [7, 11) is 0. The van der Waals surface area contributed by atoms with E-state index in [4.69, 9.17) is 9.47 Å². The summed E-state index contributed by atoms with van der Waals surface area (Å²) in [6.07, 6.45) is 7.16. The van der Waals surface area contributed by atoms with Gasteiger partial charge in [0.05, 0.1) is 5.92 Å². The molecular formula is C23H30N2O4. The van der Waals surface area contributed by atoms with Crippen molar-refractivity contribution in [3.05, 3.63) is 18.2 Å². The largest absolute Gasteiger partial charge is 0.486 e. The van der Waals surface area contributed by atoms with E-state index in [1.807, 2.05) is 18.2 Å². The number of ether oxygens (including phenoxy) is 2. The standard InChI is InChI=1S/C23H30N2O4/c1-15-2-4-17(5-3-15)25(18-6-7-18)23(27)16-12-22(26)24(14-16)19-8-9-20-21(13-19)29-11-10-28-20/h8-9,13,15-18H,2-7,10-12,14H2,1H3. The number of rotatable bonds is 4. The van der Waals surface area contributed by atoms with Crippen LogP contribution >= 0.6 is 0 Å². The molecule has 2 amide bonds. The molecule has 2 heterocycles. The fourth-order valence-corrected chi connectivity index (χ4v) is 5.06. The van der Waals surface area contributed by atoms with Crippen molar-refractivity contribution < 1.29 is 19.1 Å². The van der Waals surface area contributed by atoms with Crippen molar-refractivity contribution in [3.63, 3.8) is 0 Å². The zero-order valence-electron chi connectivity index (χ0n) is 17.1. The first-order valence-corrected chi connectivity index (χ1v) is 11.1. The van der Waals surface area contributed by atoms with Gasteiger partial charge in [-0.2, -0.15) is 0 Å². The maximum atomic E-state index is 13.5. The van der Waals surface area contributed by atoms with Crippen molar-refractivity contribution in [2.45, 2.75) is 64.0 Å². The molecule has 1 atom stereocenters. The van der Waals surface area contributed by atoms with Crippen LogP contribution in [0.5, 0.6) is 11.5 Å². The third-order valence-corrected chi connectivity index (χ3v) is 6.89. The second-order valence-corrected chi connectivity index (χ2v) is 9.12. The van der Waals surface area contributed by atoms with Crippen molar-refractivity contribution in [1.29, 1.82) is 0 Å². The molecule has 6 nitrogen and oxygen atoms in total. The lowest BCUT2D eigenvalue weighted by molar-refractivity contribution is -0.139. The Bertz CT molecular complexity index is 798. The molecule has 0 spiro atoms. The third kappa shape index (κ3) is 3.69. The van der Waals surface area contributed by atoms with Crippen LogP contribution < -0.4 is 14.4 Å². The fraction of sp³-hybridized carbons (Fsp3) is 0.652. The zero-order valence-corrected chi connectivity index (χ0v) is 17.1. The van der Waals surface area contributed by atoms with Crippen LogP contribution in [-0.4, -0.2) is 48.6 Å². The number of amides is 2. The van der Waals surface area contributed by atoms with Gasteiger partial charge in [-0.15, -0.1) is 0 Å². The summed E-state index contributed by atoms with van der Waals surface area (Å²) in [5, 5.41) is 0. The van der Waals surface area contributed by atoms with Gasteiger partial charge in [0.25, 0.3) is 0 Å². The van der Waals surface area contributed by atoms with E-state index in [0.29, 0.717) is 49.8 Å². The monoisotopic (exact) mass is 398 g/mol. The van der Waals surface area contributed by atoms with E-state index in [1.165, 1.54) is 12.8 Å². The predicted octanol–water partition coefficient (Wildman–Crippen LogP) is 3.38. The van der Waals surface area contributed by atoms with Crippen LogP contribution in [0.4, 0.5) is 5.69 Å².